The van der Waals surface area contributed by atoms with Crippen LogP contribution in [0.2, 0.25) is 0 Å². The topological polar surface area (TPSA) is 32.3 Å². The van der Waals surface area contributed by atoms with Crippen molar-refractivity contribution in [2.24, 2.45) is 0 Å². The molecule has 0 saturated carbocycles. The number of carbonyl (C=O) groups excluding carboxylic acids is 1. The van der Waals surface area contributed by atoms with Gasteiger partial charge < -0.3 is 10.2 Å². The van der Waals surface area contributed by atoms with E-state index in [-0.39, 0.29) is 24.6 Å². The smallest absolute Gasteiger partial charge is 0.236 e. The molecule has 6 heteroatoms. The van der Waals surface area contributed by atoms with Gasteiger partial charge in [-0.3, -0.25) is 4.79 Å². The second-order valence-electron chi connectivity index (χ2n) is 4.55. The van der Waals surface area contributed by atoms with Crippen molar-refractivity contribution < 1.29 is 18.0 Å². The summed E-state index contributed by atoms with van der Waals surface area (Å²) in [6.45, 7) is 1.56. The molecule has 19 heavy (non-hydrogen) atoms. The van der Waals surface area contributed by atoms with Crippen LogP contribution in [-0.2, 0) is 11.3 Å². The molecule has 1 fully saturated rings. The summed E-state index contributed by atoms with van der Waals surface area (Å²) in [6, 6.07) is 1.31. The maximum Gasteiger partial charge on any atom is 0.236 e. The standard InChI is InChI=1S/C13H15F3N2O/c14-10-6-12(16)11(15)5-9(10)7-17-8-13(19)18-3-1-2-4-18/h5-6,17H,1-4,7-8H2. The summed E-state index contributed by atoms with van der Waals surface area (Å²) in [4.78, 5) is 13.4. The largest absolute Gasteiger partial charge is 0.342 e. The average molecular weight is 272 g/mol. The number of rotatable bonds is 4. The van der Waals surface area contributed by atoms with E-state index in [1.165, 1.54) is 0 Å². The van der Waals surface area contributed by atoms with Crippen LogP contribution in [-0.4, -0.2) is 30.4 Å². The number of carbonyl (C=O) groups is 1. The molecule has 2 rings (SSSR count). The molecule has 0 atom stereocenters. The van der Waals surface area contributed by atoms with Crippen molar-refractivity contribution >= 4 is 5.91 Å². The number of nitrogens with one attached hydrogen (secondary N) is 1. The van der Waals surface area contributed by atoms with Crippen LogP contribution in [0, 0.1) is 17.5 Å². The first-order valence-electron chi connectivity index (χ1n) is 6.20. The maximum atomic E-state index is 13.3. The molecule has 0 bridgehead atoms. The predicted octanol–water partition coefficient (Wildman–Crippen LogP) is 1.82. The van der Waals surface area contributed by atoms with Gasteiger partial charge in [0.2, 0.25) is 5.91 Å². The first-order chi connectivity index (χ1) is 9.08. The van der Waals surface area contributed by atoms with Gasteiger partial charge in [0.05, 0.1) is 6.54 Å². The Labute approximate surface area is 109 Å². The second kappa shape index (κ2) is 6.06. The Morgan fingerprint density at radius 1 is 1.11 bits per heavy atom. The van der Waals surface area contributed by atoms with Crippen molar-refractivity contribution in [2.45, 2.75) is 19.4 Å². The molecule has 1 aliphatic heterocycles. The van der Waals surface area contributed by atoms with Gasteiger partial charge in [-0.1, -0.05) is 0 Å². The first-order valence-corrected chi connectivity index (χ1v) is 6.20. The summed E-state index contributed by atoms with van der Waals surface area (Å²) in [5, 5.41) is 2.75. The van der Waals surface area contributed by atoms with Crippen LogP contribution in [0.25, 0.3) is 0 Å². The van der Waals surface area contributed by atoms with E-state index in [4.69, 9.17) is 0 Å². The van der Waals surface area contributed by atoms with Gasteiger partial charge in [0.1, 0.15) is 5.82 Å². The molecule has 1 saturated heterocycles. The highest BCUT2D eigenvalue weighted by atomic mass is 19.2. The Hall–Kier alpha value is -1.56. The highest BCUT2D eigenvalue weighted by molar-refractivity contribution is 5.78. The molecule has 0 aromatic heterocycles. The molecule has 1 amide bonds. The number of benzene rings is 1. The van der Waals surface area contributed by atoms with Crippen molar-refractivity contribution in [3.8, 4) is 0 Å². The van der Waals surface area contributed by atoms with Gasteiger partial charge in [-0.05, 0) is 18.9 Å². The van der Waals surface area contributed by atoms with Crippen molar-refractivity contribution in [3.63, 3.8) is 0 Å². The van der Waals surface area contributed by atoms with Crippen molar-refractivity contribution in [1.29, 1.82) is 0 Å². The van der Waals surface area contributed by atoms with Gasteiger partial charge in [0.15, 0.2) is 11.6 Å². The minimum atomic E-state index is -1.21. The highest BCUT2D eigenvalue weighted by Gasteiger charge is 2.17. The number of halogens is 3. The van der Waals surface area contributed by atoms with Gasteiger partial charge in [0, 0.05) is 31.3 Å². The summed E-state index contributed by atoms with van der Waals surface area (Å²) in [5.74, 6) is -3.18. The van der Waals surface area contributed by atoms with Gasteiger partial charge >= 0.3 is 0 Å². The number of amides is 1. The Morgan fingerprint density at radius 2 is 1.74 bits per heavy atom. The Morgan fingerprint density at radius 3 is 2.42 bits per heavy atom. The fourth-order valence-corrected chi connectivity index (χ4v) is 2.08. The van der Waals surface area contributed by atoms with E-state index < -0.39 is 17.5 Å². The number of likely N-dealkylation sites (tertiary alicyclic amines) is 1. The molecular weight excluding hydrogens is 257 g/mol. The minimum absolute atomic E-state index is 0.00752. The normalized spacial score (nSPS) is 15.0. The van der Waals surface area contributed by atoms with Gasteiger partial charge in [-0.15, -0.1) is 0 Å². The van der Waals surface area contributed by atoms with Crippen molar-refractivity contribution in [3.05, 3.63) is 35.1 Å². The van der Waals surface area contributed by atoms with E-state index in [0.717, 1.165) is 32.0 Å². The molecule has 0 unspecified atom stereocenters. The SMILES string of the molecule is O=C(CNCc1cc(F)c(F)cc1F)N1CCCC1. The predicted molar refractivity (Wildman–Crippen MR) is 63.8 cm³/mol. The van der Waals surface area contributed by atoms with Crippen LogP contribution in [0.4, 0.5) is 13.2 Å². The highest BCUT2D eigenvalue weighted by Crippen LogP contribution is 2.13. The van der Waals surface area contributed by atoms with Gasteiger partial charge in [-0.2, -0.15) is 0 Å². The fraction of sp³-hybridized carbons (Fsp3) is 0.462. The van der Waals surface area contributed by atoms with E-state index in [1.807, 2.05) is 0 Å². The third-order valence-electron chi connectivity index (χ3n) is 3.14. The second-order valence-corrected chi connectivity index (χ2v) is 4.55. The van der Waals surface area contributed by atoms with Crippen molar-refractivity contribution in [2.75, 3.05) is 19.6 Å². The lowest BCUT2D eigenvalue weighted by Crippen LogP contribution is -2.36. The van der Waals surface area contributed by atoms with E-state index in [2.05, 4.69) is 5.32 Å². The molecule has 3 nitrogen and oxygen atoms in total. The lowest BCUT2D eigenvalue weighted by atomic mass is 10.2. The molecule has 1 aromatic rings. The van der Waals surface area contributed by atoms with E-state index in [0.29, 0.717) is 6.07 Å². The molecule has 0 spiro atoms. The molecule has 1 aromatic carbocycles. The van der Waals surface area contributed by atoms with E-state index in [9.17, 15) is 18.0 Å². The molecule has 1 heterocycles. The summed E-state index contributed by atoms with van der Waals surface area (Å²) >= 11 is 0. The number of nitrogens with zero attached hydrogens (tertiary/aromatic N) is 1. The minimum Gasteiger partial charge on any atom is -0.342 e. The molecule has 1 aliphatic rings. The number of hydrogen-bond acceptors (Lipinski definition) is 2. The molecule has 0 radical (unpaired) electrons. The zero-order valence-electron chi connectivity index (χ0n) is 10.4. The van der Waals surface area contributed by atoms with Gasteiger partial charge in [0.25, 0.3) is 0 Å². The first kappa shape index (κ1) is 13.9. The van der Waals surface area contributed by atoms with Crippen molar-refractivity contribution in [1.82, 2.24) is 10.2 Å². The third kappa shape index (κ3) is 3.47. The Bertz CT molecular complexity index is 473. The summed E-state index contributed by atoms with van der Waals surface area (Å²) in [7, 11) is 0. The monoisotopic (exact) mass is 272 g/mol. The summed E-state index contributed by atoms with van der Waals surface area (Å²) in [5.41, 5.74) is 0.00752. The lowest BCUT2D eigenvalue weighted by Gasteiger charge is -2.15. The van der Waals surface area contributed by atoms with Crippen LogP contribution >= 0.6 is 0 Å². The van der Waals surface area contributed by atoms with Crippen LogP contribution in [0.15, 0.2) is 12.1 Å². The van der Waals surface area contributed by atoms with E-state index >= 15 is 0 Å². The zero-order valence-corrected chi connectivity index (χ0v) is 10.4. The third-order valence-corrected chi connectivity index (χ3v) is 3.14. The summed E-state index contributed by atoms with van der Waals surface area (Å²) in [6.07, 6.45) is 2.01. The molecular formula is C13H15F3N2O. The lowest BCUT2D eigenvalue weighted by molar-refractivity contribution is -0.129. The zero-order chi connectivity index (χ0) is 13.8. The van der Waals surface area contributed by atoms with Crippen LogP contribution in [0.3, 0.4) is 0 Å². The molecule has 0 aliphatic carbocycles. The Kier molecular flexibility index (Phi) is 4.42. The molecule has 104 valence electrons. The van der Waals surface area contributed by atoms with Crippen LogP contribution in [0.5, 0.6) is 0 Å². The summed E-state index contributed by atoms with van der Waals surface area (Å²) < 4.78 is 39.0. The Balaban J connectivity index is 1.85. The van der Waals surface area contributed by atoms with Gasteiger partial charge in [-0.25, -0.2) is 13.2 Å². The maximum absolute atomic E-state index is 13.3. The van der Waals surface area contributed by atoms with E-state index in [1.54, 1.807) is 4.90 Å². The van der Waals surface area contributed by atoms with Crippen LogP contribution < -0.4 is 5.32 Å². The quantitative estimate of drug-likeness (QED) is 0.848. The van der Waals surface area contributed by atoms with Crippen LogP contribution in [0.1, 0.15) is 18.4 Å². The fourth-order valence-electron chi connectivity index (χ4n) is 2.08. The average Bonchev–Trinajstić information content (AvgIpc) is 2.89. The molecule has 1 N–H and O–H groups in total. The number of hydrogen-bond donors (Lipinski definition) is 1.